The summed E-state index contributed by atoms with van der Waals surface area (Å²) in [6.07, 6.45) is 1.53. The number of carbonyl (C=O) groups excluding carboxylic acids is 2. The van der Waals surface area contributed by atoms with Crippen molar-refractivity contribution >= 4 is 33.9 Å². The number of aromatic nitrogens is 1. The van der Waals surface area contributed by atoms with Gasteiger partial charge in [0.1, 0.15) is 18.2 Å². The summed E-state index contributed by atoms with van der Waals surface area (Å²) in [6.45, 7) is 2.51. The molecule has 2 heterocycles. The minimum Gasteiger partial charge on any atom is -0.507 e. The zero-order valence-corrected chi connectivity index (χ0v) is 21.2. The van der Waals surface area contributed by atoms with E-state index in [0.717, 1.165) is 5.56 Å². The Morgan fingerprint density at radius 3 is 2.47 bits per heavy atom. The molecule has 5 rings (SSSR count). The van der Waals surface area contributed by atoms with Crippen LogP contribution in [-0.2, 0) is 16.2 Å². The van der Waals surface area contributed by atoms with Crippen molar-refractivity contribution in [2.75, 3.05) is 11.5 Å². The molecule has 1 N–H and O–H groups in total. The van der Waals surface area contributed by atoms with Gasteiger partial charge in [-0.25, -0.2) is 9.37 Å². The van der Waals surface area contributed by atoms with Gasteiger partial charge in [-0.3, -0.25) is 14.5 Å². The summed E-state index contributed by atoms with van der Waals surface area (Å²) >= 11 is 1.19. The van der Waals surface area contributed by atoms with Gasteiger partial charge in [0.05, 0.1) is 18.2 Å². The number of amides is 1. The number of hydrogen-bond acceptors (Lipinski definition) is 7. The average Bonchev–Trinajstić information content (AvgIpc) is 3.55. The number of halogens is 1. The number of nitrogens with zero attached hydrogens (tertiary/aromatic N) is 2. The molecule has 4 aromatic rings. The van der Waals surface area contributed by atoms with Crippen LogP contribution in [0.15, 0.2) is 89.9 Å². The van der Waals surface area contributed by atoms with Gasteiger partial charge in [0.15, 0.2) is 16.6 Å². The SMILES string of the molecule is CCOc1cc(C2C(=C(O)c3ccc(F)cc3)C(=O)C(=O)N2c2nccs2)ccc1OCc1ccccc1. The zero-order valence-electron chi connectivity index (χ0n) is 20.3. The lowest BCUT2D eigenvalue weighted by atomic mass is 9.95. The van der Waals surface area contributed by atoms with Crippen LogP contribution >= 0.6 is 11.3 Å². The highest BCUT2D eigenvalue weighted by Crippen LogP contribution is 2.44. The molecular formula is C29H23FN2O5S. The Morgan fingerprint density at radius 2 is 1.79 bits per heavy atom. The fraction of sp³-hybridized carbons (Fsp3) is 0.138. The minimum absolute atomic E-state index is 0.128. The standard InChI is InChI=1S/C29H23FN2O5S/c1-2-36-23-16-20(10-13-22(23)37-17-18-6-4-3-5-7-18)25-24(26(33)19-8-11-21(30)12-9-19)27(34)28(35)32(25)29-31-14-15-38-29/h3-16,25,33H,2,17H2,1H3. The molecule has 1 aliphatic heterocycles. The van der Waals surface area contributed by atoms with Crippen molar-refractivity contribution in [3.8, 4) is 11.5 Å². The molecule has 9 heteroatoms. The number of anilines is 1. The van der Waals surface area contributed by atoms with E-state index < -0.39 is 29.3 Å². The molecule has 1 fully saturated rings. The zero-order chi connectivity index (χ0) is 26.6. The van der Waals surface area contributed by atoms with Crippen LogP contribution in [0.25, 0.3) is 5.76 Å². The lowest BCUT2D eigenvalue weighted by Gasteiger charge is -2.24. The van der Waals surface area contributed by atoms with Crippen LogP contribution in [0.2, 0.25) is 0 Å². The quantitative estimate of drug-likeness (QED) is 0.174. The van der Waals surface area contributed by atoms with Crippen LogP contribution in [0.5, 0.6) is 11.5 Å². The van der Waals surface area contributed by atoms with Crippen LogP contribution in [0, 0.1) is 5.82 Å². The van der Waals surface area contributed by atoms with Gasteiger partial charge in [-0.15, -0.1) is 11.3 Å². The van der Waals surface area contributed by atoms with Crippen molar-refractivity contribution in [2.24, 2.45) is 0 Å². The Bertz CT molecular complexity index is 1490. The van der Waals surface area contributed by atoms with Gasteiger partial charge in [-0.1, -0.05) is 36.4 Å². The minimum atomic E-state index is -0.992. The molecular weight excluding hydrogens is 507 g/mol. The van der Waals surface area contributed by atoms with E-state index in [1.54, 1.807) is 23.6 Å². The summed E-state index contributed by atoms with van der Waals surface area (Å²) in [5.41, 5.74) is 1.58. The highest BCUT2D eigenvalue weighted by Gasteiger charge is 2.48. The van der Waals surface area contributed by atoms with Gasteiger partial charge in [0, 0.05) is 17.1 Å². The lowest BCUT2D eigenvalue weighted by molar-refractivity contribution is -0.132. The third-order valence-corrected chi connectivity index (χ3v) is 6.78. The molecule has 0 spiro atoms. The first-order valence-electron chi connectivity index (χ1n) is 11.9. The largest absolute Gasteiger partial charge is 0.507 e. The van der Waals surface area contributed by atoms with Crippen molar-refractivity contribution in [3.05, 3.63) is 112 Å². The topological polar surface area (TPSA) is 89.0 Å². The normalized spacial score (nSPS) is 16.6. The molecule has 192 valence electrons. The van der Waals surface area contributed by atoms with Gasteiger partial charge in [-0.05, 0) is 54.4 Å². The highest BCUT2D eigenvalue weighted by molar-refractivity contribution is 7.14. The van der Waals surface area contributed by atoms with Crippen LogP contribution < -0.4 is 14.4 Å². The number of thiazole rings is 1. The van der Waals surface area contributed by atoms with E-state index in [2.05, 4.69) is 4.98 Å². The van der Waals surface area contributed by atoms with Crippen LogP contribution in [-0.4, -0.2) is 28.4 Å². The summed E-state index contributed by atoms with van der Waals surface area (Å²) in [7, 11) is 0. The Labute approximate surface area is 222 Å². The molecule has 1 saturated heterocycles. The number of Topliss-reactive ketones (excluding diaryl/α,β-unsaturated/α-hetero) is 1. The number of ether oxygens (including phenoxy) is 2. The van der Waals surface area contributed by atoms with E-state index in [0.29, 0.717) is 35.4 Å². The number of carbonyl (C=O) groups is 2. The lowest BCUT2D eigenvalue weighted by Crippen LogP contribution is -2.29. The van der Waals surface area contributed by atoms with Gasteiger partial charge in [0.2, 0.25) is 0 Å². The maximum atomic E-state index is 13.5. The number of hydrogen-bond donors (Lipinski definition) is 1. The molecule has 38 heavy (non-hydrogen) atoms. The molecule has 1 aromatic heterocycles. The molecule has 0 saturated carbocycles. The summed E-state index contributed by atoms with van der Waals surface area (Å²) in [4.78, 5) is 32.0. The van der Waals surface area contributed by atoms with Crippen LogP contribution in [0.3, 0.4) is 0 Å². The first-order valence-corrected chi connectivity index (χ1v) is 12.8. The van der Waals surface area contributed by atoms with Crippen LogP contribution in [0.1, 0.15) is 29.7 Å². The third kappa shape index (κ3) is 4.88. The van der Waals surface area contributed by atoms with Gasteiger partial charge >= 0.3 is 5.91 Å². The number of aliphatic hydroxyl groups excluding tert-OH is 1. The average molecular weight is 531 g/mol. The van der Waals surface area contributed by atoms with E-state index in [1.807, 2.05) is 37.3 Å². The smallest absolute Gasteiger partial charge is 0.301 e. The van der Waals surface area contributed by atoms with Crippen molar-refractivity contribution in [3.63, 3.8) is 0 Å². The van der Waals surface area contributed by atoms with Crippen molar-refractivity contribution in [1.29, 1.82) is 0 Å². The fourth-order valence-corrected chi connectivity index (χ4v) is 4.93. The molecule has 1 atom stereocenters. The Balaban J connectivity index is 1.60. The molecule has 1 aliphatic rings. The van der Waals surface area contributed by atoms with E-state index in [4.69, 9.17) is 9.47 Å². The maximum absolute atomic E-state index is 13.5. The fourth-order valence-electron chi connectivity index (χ4n) is 4.26. The molecule has 7 nitrogen and oxygen atoms in total. The summed E-state index contributed by atoms with van der Waals surface area (Å²) in [5.74, 6) is -1.68. The first kappa shape index (κ1) is 25.2. The third-order valence-electron chi connectivity index (χ3n) is 6.01. The predicted molar refractivity (Wildman–Crippen MR) is 142 cm³/mol. The number of ketones is 1. The van der Waals surface area contributed by atoms with E-state index in [9.17, 15) is 19.1 Å². The maximum Gasteiger partial charge on any atom is 0.301 e. The molecule has 0 bridgehead atoms. The molecule has 0 radical (unpaired) electrons. The molecule has 3 aromatic carbocycles. The van der Waals surface area contributed by atoms with E-state index >= 15 is 0 Å². The van der Waals surface area contributed by atoms with Crippen molar-refractivity contribution in [2.45, 2.75) is 19.6 Å². The second-order valence-electron chi connectivity index (χ2n) is 8.40. The molecule has 1 amide bonds. The Morgan fingerprint density at radius 1 is 1.03 bits per heavy atom. The highest BCUT2D eigenvalue weighted by atomic mass is 32.1. The van der Waals surface area contributed by atoms with Crippen molar-refractivity contribution < 1.29 is 28.6 Å². The summed E-state index contributed by atoms with van der Waals surface area (Å²) < 4.78 is 25.4. The van der Waals surface area contributed by atoms with Crippen LogP contribution in [0.4, 0.5) is 9.52 Å². The second-order valence-corrected chi connectivity index (χ2v) is 9.28. The van der Waals surface area contributed by atoms with E-state index in [1.165, 1.54) is 46.7 Å². The second kappa shape index (κ2) is 10.9. The number of rotatable bonds is 8. The van der Waals surface area contributed by atoms with Crippen molar-refractivity contribution in [1.82, 2.24) is 4.98 Å². The molecule has 0 aliphatic carbocycles. The van der Waals surface area contributed by atoms with Gasteiger partial charge in [0.25, 0.3) is 5.78 Å². The number of benzene rings is 3. The van der Waals surface area contributed by atoms with Gasteiger partial charge in [-0.2, -0.15) is 0 Å². The summed E-state index contributed by atoms with van der Waals surface area (Å²) in [5, 5.41) is 13.2. The monoisotopic (exact) mass is 530 g/mol. The number of aliphatic hydroxyl groups is 1. The predicted octanol–water partition coefficient (Wildman–Crippen LogP) is 5.89. The Kier molecular flexibility index (Phi) is 7.19. The first-order chi connectivity index (χ1) is 18.5. The Hall–Kier alpha value is -4.50. The molecule has 1 unspecified atom stereocenters. The summed E-state index contributed by atoms with van der Waals surface area (Å²) in [6, 6.07) is 18.9. The van der Waals surface area contributed by atoms with E-state index in [-0.39, 0.29) is 11.1 Å². The van der Waals surface area contributed by atoms with Gasteiger partial charge < -0.3 is 14.6 Å².